The molecule has 8 nitrogen and oxygen atoms in total. The third-order valence-corrected chi connectivity index (χ3v) is 5.15. The van der Waals surface area contributed by atoms with Crippen LogP contribution in [0.3, 0.4) is 0 Å². The quantitative estimate of drug-likeness (QED) is 0.416. The average Bonchev–Trinajstić information content (AvgIpc) is 3.07. The predicted molar refractivity (Wildman–Crippen MR) is 113 cm³/mol. The smallest absolute Gasteiger partial charge is 0.194 e. The van der Waals surface area contributed by atoms with Crippen LogP contribution < -0.4 is 10.1 Å². The molecule has 1 saturated heterocycles. The molecule has 0 atom stereocenters. The molecule has 0 amide bonds. The van der Waals surface area contributed by atoms with Gasteiger partial charge >= 0.3 is 0 Å². The molecule has 3 rings (SSSR count). The molecule has 0 unspecified atom stereocenters. The van der Waals surface area contributed by atoms with E-state index >= 15 is 0 Å². The van der Waals surface area contributed by atoms with Crippen molar-refractivity contribution in [2.45, 2.75) is 38.8 Å². The van der Waals surface area contributed by atoms with Gasteiger partial charge in [0.25, 0.3) is 0 Å². The van der Waals surface area contributed by atoms with E-state index in [1.54, 1.807) is 7.11 Å². The lowest BCUT2D eigenvalue weighted by molar-refractivity contribution is 0.129. The lowest BCUT2D eigenvalue weighted by Gasteiger charge is -2.34. The maximum Gasteiger partial charge on any atom is 0.194 e. The molecule has 1 fully saturated rings. The highest BCUT2D eigenvalue weighted by Crippen LogP contribution is 2.18. The van der Waals surface area contributed by atoms with Gasteiger partial charge in [0.05, 0.1) is 0 Å². The molecule has 0 spiro atoms. The summed E-state index contributed by atoms with van der Waals surface area (Å²) >= 11 is 0. The summed E-state index contributed by atoms with van der Waals surface area (Å²) in [6.07, 6.45) is 3.12. The first-order chi connectivity index (χ1) is 14.2. The van der Waals surface area contributed by atoms with Gasteiger partial charge < -0.3 is 24.3 Å². The number of hydrogen-bond acceptors (Lipinski definition) is 5. The van der Waals surface area contributed by atoms with Gasteiger partial charge in [0.2, 0.25) is 0 Å². The van der Waals surface area contributed by atoms with Crippen molar-refractivity contribution in [1.29, 1.82) is 0 Å². The minimum absolute atomic E-state index is 0.241. The molecule has 1 aromatic carbocycles. The van der Waals surface area contributed by atoms with Crippen molar-refractivity contribution in [3.8, 4) is 5.75 Å². The van der Waals surface area contributed by atoms with Crippen molar-refractivity contribution in [3.63, 3.8) is 0 Å². The molecule has 158 valence electrons. The normalized spacial score (nSPS) is 15.6. The summed E-state index contributed by atoms with van der Waals surface area (Å²) in [7, 11) is 3.70. The zero-order chi connectivity index (χ0) is 20.5. The van der Waals surface area contributed by atoms with Crippen LogP contribution in [0.5, 0.6) is 5.75 Å². The highest BCUT2D eigenvalue weighted by Gasteiger charge is 2.23. The Balaban J connectivity index is 1.58. The summed E-state index contributed by atoms with van der Waals surface area (Å²) in [6.45, 7) is 5.82. The molecule has 0 aliphatic carbocycles. The number of nitrogens with zero attached hydrogens (tertiary/aromatic N) is 5. The minimum atomic E-state index is 0.241. The van der Waals surface area contributed by atoms with Gasteiger partial charge in [0, 0.05) is 53.2 Å². The molecule has 29 heavy (non-hydrogen) atoms. The van der Waals surface area contributed by atoms with Crippen LogP contribution in [0, 0.1) is 6.92 Å². The Labute approximate surface area is 172 Å². The van der Waals surface area contributed by atoms with Crippen LogP contribution in [0.2, 0.25) is 0 Å². The highest BCUT2D eigenvalue weighted by atomic mass is 16.5. The van der Waals surface area contributed by atoms with Crippen LogP contribution >= 0.6 is 0 Å². The van der Waals surface area contributed by atoms with Crippen LogP contribution in [0.25, 0.3) is 0 Å². The predicted octanol–water partition coefficient (Wildman–Crippen LogP) is 2.15. The molecule has 2 aromatic rings. The van der Waals surface area contributed by atoms with Crippen molar-refractivity contribution in [2.24, 2.45) is 12.0 Å². The Bertz CT molecular complexity index is 769. The van der Waals surface area contributed by atoms with Gasteiger partial charge in [0.15, 0.2) is 11.8 Å². The molecule has 1 aliphatic rings. The first kappa shape index (κ1) is 21.1. The van der Waals surface area contributed by atoms with E-state index in [1.165, 1.54) is 0 Å². The molecule has 1 N–H and O–H groups in total. The second kappa shape index (κ2) is 10.8. The summed E-state index contributed by atoms with van der Waals surface area (Å²) in [5.74, 6) is 3.61. The number of aryl methyl sites for hydroxylation is 1. The number of methoxy groups -OCH3 is 1. The molecule has 0 saturated carbocycles. The molecule has 2 heterocycles. The van der Waals surface area contributed by atoms with Crippen molar-refractivity contribution >= 4 is 5.96 Å². The van der Waals surface area contributed by atoms with E-state index in [0.717, 1.165) is 68.9 Å². The Hall–Kier alpha value is -2.61. The summed E-state index contributed by atoms with van der Waals surface area (Å²) in [5, 5.41) is 11.8. The maximum absolute atomic E-state index is 6.12. The fourth-order valence-corrected chi connectivity index (χ4v) is 3.30. The number of ether oxygens (including phenoxy) is 2. The van der Waals surface area contributed by atoms with Crippen molar-refractivity contribution in [2.75, 3.05) is 33.4 Å². The van der Waals surface area contributed by atoms with Crippen LogP contribution in [-0.2, 0) is 18.3 Å². The van der Waals surface area contributed by atoms with Gasteiger partial charge in [0.1, 0.15) is 24.2 Å². The molecule has 0 radical (unpaired) electrons. The summed E-state index contributed by atoms with van der Waals surface area (Å²) < 4.78 is 13.3. The lowest BCUT2D eigenvalue weighted by Crippen LogP contribution is -2.47. The van der Waals surface area contributed by atoms with E-state index < -0.39 is 0 Å². The number of piperidine rings is 1. The fraction of sp³-hybridized carbons (Fsp3) is 0.571. The fourth-order valence-electron chi connectivity index (χ4n) is 3.30. The second-order valence-electron chi connectivity index (χ2n) is 7.25. The zero-order valence-corrected chi connectivity index (χ0v) is 17.7. The van der Waals surface area contributed by atoms with Crippen molar-refractivity contribution in [3.05, 3.63) is 42.0 Å². The largest absolute Gasteiger partial charge is 0.490 e. The molecule has 8 heteroatoms. The Kier molecular flexibility index (Phi) is 7.86. The van der Waals surface area contributed by atoms with Crippen molar-refractivity contribution < 1.29 is 9.47 Å². The van der Waals surface area contributed by atoms with Crippen molar-refractivity contribution in [1.82, 2.24) is 25.0 Å². The van der Waals surface area contributed by atoms with Crippen LogP contribution in [0.15, 0.2) is 35.3 Å². The van der Waals surface area contributed by atoms with Crippen LogP contribution in [-0.4, -0.2) is 65.1 Å². The summed E-state index contributed by atoms with van der Waals surface area (Å²) in [4.78, 5) is 7.13. The molecule has 1 aliphatic heterocycles. The monoisotopic (exact) mass is 400 g/mol. The Morgan fingerprint density at radius 2 is 1.97 bits per heavy atom. The Morgan fingerprint density at radius 1 is 1.21 bits per heavy atom. The summed E-state index contributed by atoms with van der Waals surface area (Å²) in [6, 6.07) is 10.0. The summed E-state index contributed by atoms with van der Waals surface area (Å²) in [5.41, 5.74) is 0. The number of likely N-dealkylation sites (tertiary alicyclic amines) is 1. The first-order valence-electron chi connectivity index (χ1n) is 10.3. The molecular formula is C21H32N6O2. The zero-order valence-electron chi connectivity index (χ0n) is 17.7. The average molecular weight is 401 g/mol. The van der Waals surface area contributed by atoms with E-state index in [1.807, 2.05) is 48.9 Å². The van der Waals surface area contributed by atoms with E-state index in [9.17, 15) is 0 Å². The van der Waals surface area contributed by atoms with Crippen LogP contribution in [0.4, 0.5) is 0 Å². The maximum atomic E-state index is 6.12. The van der Waals surface area contributed by atoms with Gasteiger partial charge in [-0.05, 0) is 25.5 Å². The number of para-hydroxylation sites is 1. The number of rotatable bonds is 8. The van der Waals surface area contributed by atoms with Crippen LogP contribution in [0.1, 0.15) is 30.9 Å². The second-order valence-corrected chi connectivity index (χ2v) is 7.25. The van der Waals surface area contributed by atoms with E-state index in [4.69, 9.17) is 14.5 Å². The Morgan fingerprint density at radius 3 is 2.62 bits per heavy atom. The molecule has 0 bridgehead atoms. The topological polar surface area (TPSA) is 76.8 Å². The number of benzene rings is 1. The number of guanidine groups is 1. The number of aromatic nitrogens is 3. The van der Waals surface area contributed by atoms with Gasteiger partial charge in [-0.25, -0.2) is 4.99 Å². The van der Waals surface area contributed by atoms with Gasteiger partial charge in [-0.3, -0.25) is 0 Å². The third-order valence-electron chi connectivity index (χ3n) is 5.15. The van der Waals surface area contributed by atoms with Gasteiger partial charge in [-0.2, -0.15) is 0 Å². The van der Waals surface area contributed by atoms with E-state index in [0.29, 0.717) is 6.54 Å². The van der Waals surface area contributed by atoms with Gasteiger partial charge in [-0.1, -0.05) is 18.2 Å². The highest BCUT2D eigenvalue weighted by molar-refractivity contribution is 5.80. The molecular weight excluding hydrogens is 368 g/mol. The number of hydrogen-bond donors (Lipinski definition) is 1. The first-order valence-corrected chi connectivity index (χ1v) is 10.3. The number of nitrogens with one attached hydrogen (secondary N) is 1. The van der Waals surface area contributed by atoms with E-state index in [2.05, 4.69) is 20.4 Å². The van der Waals surface area contributed by atoms with E-state index in [-0.39, 0.29) is 6.10 Å². The minimum Gasteiger partial charge on any atom is -0.490 e. The lowest BCUT2D eigenvalue weighted by atomic mass is 10.1. The van der Waals surface area contributed by atoms with Gasteiger partial charge in [-0.15, -0.1) is 10.2 Å². The molecule has 1 aromatic heterocycles. The SMILES string of the molecule is COCCCNC(=NCc1nnc(C)n1C)N1CCC(Oc2ccccc2)CC1. The standard InChI is InChI=1S/C21H32N6O2/c1-17-24-25-20(26(17)2)16-23-21(22-12-7-15-28-3)27-13-10-19(11-14-27)29-18-8-5-4-6-9-18/h4-6,8-9,19H,7,10-16H2,1-3H3,(H,22,23). The third kappa shape index (κ3) is 6.19. The number of aliphatic imine (C=N–C) groups is 1.